The van der Waals surface area contributed by atoms with Crippen molar-refractivity contribution in [2.24, 2.45) is 0 Å². The fourth-order valence-corrected chi connectivity index (χ4v) is 1.36. The van der Waals surface area contributed by atoms with Gasteiger partial charge in [-0.3, -0.25) is 15.6 Å². The Bertz CT molecular complexity index is 183. The van der Waals surface area contributed by atoms with Crippen molar-refractivity contribution in [3.8, 4) is 0 Å². The van der Waals surface area contributed by atoms with Crippen molar-refractivity contribution >= 4 is 5.91 Å². The van der Waals surface area contributed by atoms with Gasteiger partial charge in [-0.1, -0.05) is 6.08 Å². The van der Waals surface area contributed by atoms with E-state index in [0.29, 0.717) is 6.04 Å². The largest absolute Gasteiger partial charge is 0.350 e. The Labute approximate surface area is 78.7 Å². The molecule has 3 N–H and O–H groups in total. The van der Waals surface area contributed by atoms with E-state index in [1.807, 2.05) is 6.92 Å². The molecule has 0 aromatic heterocycles. The van der Waals surface area contributed by atoms with Crippen molar-refractivity contribution in [1.82, 2.24) is 16.2 Å². The van der Waals surface area contributed by atoms with Crippen LogP contribution < -0.4 is 16.2 Å². The summed E-state index contributed by atoms with van der Waals surface area (Å²) in [6.45, 7) is 3.65. The smallest absolute Gasteiger partial charge is 0.243 e. The predicted molar refractivity (Wildman–Crippen MR) is 52.0 cm³/mol. The summed E-state index contributed by atoms with van der Waals surface area (Å²) in [5.41, 5.74) is 6.13. The van der Waals surface area contributed by atoms with Crippen molar-refractivity contribution in [1.29, 1.82) is 0 Å². The molecule has 1 saturated heterocycles. The lowest BCUT2D eigenvalue weighted by molar-refractivity contribution is -0.117. The van der Waals surface area contributed by atoms with Gasteiger partial charge in [0, 0.05) is 19.1 Å². The van der Waals surface area contributed by atoms with Crippen molar-refractivity contribution in [3.63, 3.8) is 0 Å². The Hall–Kier alpha value is -0.870. The molecule has 1 aliphatic heterocycles. The van der Waals surface area contributed by atoms with Gasteiger partial charge in [-0.2, -0.15) is 0 Å². The normalized spacial score (nSPS) is 20.1. The highest BCUT2D eigenvalue weighted by Crippen LogP contribution is 1.98. The first-order chi connectivity index (χ1) is 6.33. The van der Waals surface area contributed by atoms with Gasteiger partial charge in [0.25, 0.3) is 0 Å². The van der Waals surface area contributed by atoms with Gasteiger partial charge in [-0.05, 0) is 25.8 Å². The molecule has 0 unspecified atom stereocenters. The van der Waals surface area contributed by atoms with Gasteiger partial charge in [0.05, 0.1) is 0 Å². The molecule has 1 heterocycles. The second kappa shape index (κ2) is 5.72. The SMILES string of the molecule is CC=CC(=O)NC1CCNNCC1. The number of nitrogens with one attached hydrogen (secondary N) is 3. The molecule has 4 nitrogen and oxygen atoms in total. The van der Waals surface area contributed by atoms with Crippen LogP contribution >= 0.6 is 0 Å². The zero-order valence-corrected chi connectivity index (χ0v) is 7.97. The topological polar surface area (TPSA) is 53.2 Å². The van der Waals surface area contributed by atoms with Crippen LogP contribution in [-0.4, -0.2) is 25.0 Å². The van der Waals surface area contributed by atoms with Gasteiger partial charge in [-0.25, -0.2) is 0 Å². The molecule has 0 atom stereocenters. The molecule has 1 amide bonds. The van der Waals surface area contributed by atoms with E-state index >= 15 is 0 Å². The van der Waals surface area contributed by atoms with Crippen molar-refractivity contribution in [2.75, 3.05) is 13.1 Å². The summed E-state index contributed by atoms with van der Waals surface area (Å²) in [7, 11) is 0. The number of carbonyl (C=O) groups is 1. The van der Waals surface area contributed by atoms with Gasteiger partial charge in [0.2, 0.25) is 5.91 Å². The van der Waals surface area contributed by atoms with Crippen LogP contribution in [0, 0.1) is 0 Å². The fraction of sp³-hybridized carbons (Fsp3) is 0.667. The van der Waals surface area contributed by atoms with E-state index in [4.69, 9.17) is 0 Å². The van der Waals surface area contributed by atoms with Crippen molar-refractivity contribution in [3.05, 3.63) is 12.2 Å². The van der Waals surface area contributed by atoms with Crippen LogP contribution in [0.5, 0.6) is 0 Å². The molecule has 4 heteroatoms. The van der Waals surface area contributed by atoms with E-state index in [1.165, 1.54) is 0 Å². The Morgan fingerprint density at radius 2 is 2.00 bits per heavy atom. The summed E-state index contributed by atoms with van der Waals surface area (Å²) in [5.74, 6) is 0.00870. The molecule has 0 aromatic rings. The van der Waals surface area contributed by atoms with Gasteiger partial charge >= 0.3 is 0 Å². The van der Waals surface area contributed by atoms with E-state index in [9.17, 15) is 4.79 Å². The van der Waals surface area contributed by atoms with E-state index in [-0.39, 0.29) is 5.91 Å². The third-order valence-corrected chi connectivity index (χ3v) is 2.03. The minimum Gasteiger partial charge on any atom is -0.350 e. The average Bonchev–Trinajstić information content (AvgIpc) is 2.33. The molecule has 1 rings (SSSR count). The van der Waals surface area contributed by atoms with E-state index < -0.39 is 0 Å². The summed E-state index contributed by atoms with van der Waals surface area (Å²) >= 11 is 0. The standard InChI is InChI=1S/C9H17N3O/c1-2-3-9(13)12-8-4-6-10-11-7-5-8/h2-3,8,10-11H,4-7H2,1H3,(H,12,13). The van der Waals surface area contributed by atoms with Crippen LogP contribution in [0.3, 0.4) is 0 Å². The summed E-state index contributed by atoms with van der Waals surface area (Å²) in [6.07, 6.45) is 5.28. The first-order valence-electron chi connectivity index (χ1n) is 4.72. The summed E-state index contributed by atoms with van der Waals surface area (Å²) in [5, 5.41) is 2.95. The maximum Gasteiger partial charge on any atom is 0.243 e. The lowest BCUT2D eigenvalue weighted by atomic mass is 10.1. The van der Waals surface area contributed by atoms with Gasteiger partial charge < -0.3 is 5.32 Å². The number of allylic oxidation sites excluding steroid dienone is 1. The summed E-state index contributed by atoms with van der Waals surface area (Å²) in [4.78, 5) is 11.2. The summed E-state index contributed by atoms with van der Waals surface area (Å²) in [6, 6.07) is 0.297. The number of rotatable bonds is 2. The highest BCUT2D eigenvalue weighted by molar-refractivity contribution is 5.87. The van der Waals surface area contributed by atoms with Crippen molar-refractivity contribution in [2.45, 2.75) is 25.8 Å². The molecule has 74 valence electrons. The lowest BCUT2D eigenvalue weighted by Crippen LogP contribution is -2.34. The molecule has 0 aromatic carbocycles. The Kier molecular flexibility index (Phi) is 4.49. The molecule has 0 aliphatic carbocycles. The van der Waals surface area contributed by atoms with Crippen LogP contribution in [0.1, 0.15) is 19.8 Å². The Balaban J connectivity index is 2.29. The molecule has 1 fully saturated rings. The third kappa shape index (κ3) is 4.05. The Morgan fingerprint density at radius 3 is 2.54 bits per heavy atom. The van der Waals surface area contributed by atoms with Gasteiger partial charge in [0.15, 0.2) is 0 Å². The third-order valence-electron chi connectivity index (χ3n) is 2.03. The van der Waals surface area contributed by atoms with E-state index in [1.54, 1.807) is 12.2 Å². The monoisotopic (exact) mass is 183 g/mol. The highest BCUT2D eigenvalue weighted by atomic mass is 16.1. The quantitative estimate of drug-likeness (QED) is 0.525. The van der Waals surface area contributed by atoms with E-state index in [2.05, 4.69) is 16.2 Å². The zero-order valence-electron chi connectivity index (χ0n) is 7.97. The molecule has 1 aliphatic rings. The molecule has 13 heavy (non-hydrogen) atoms. The molecule has 0 bridgehead atoms. The Morgan fingerprint density at radius 1 is 1.38 bits per heavy atom. The second-order valence-corrected chi connectivity index (χ2v) is 3.14. The number of hydrogen-bond acceptors (Lipinski definition) is 3. The van der Waals surface area contributed by atoms with Crippen molar-refractivity contribution < 1.29 is 4.79 Å². The van der Waals surface area contributed by atoms with Crippen LogP contribution in [-0.2, 0) is 4.79 Å². The first-order valence-corrected chi connectivity index (χ1v) is 4.72. The van der Waals surface area contributed by atoms with Crippen LogP contribution in [0.2, 0.25) is 0 Å². The summed E-state index contributed by atoms with van der Waals surface area (Å²) < 4.78 is 0. The minimum absolute atomic E-state index is 0.00870. The second-order valence-electron chi connectivity index (χ2n) is 3.14. The van der Waals surface area contributed by atoms with Crippen LogP contribution in [0.15, 0.2) is 12.2 Å². The first kappa shape index (κ1) is 10.2. The zero-order chi connectivity index (χ0) is 9.52. The number of hydrazine groups is 1. The predicted octanol–water partition coefficient (Wildman–Crippen LogP) is -0.0647. The maximum absolute atomic E-state index is 11.2. The molecular weight excluding hydrogens is 166 g/mol. The van der Waals surface area contributed by atoms with Crippen LogP contribution in [0.25, 0.3) is 0 Å². The van der Waals surface area contributed by atoms with Gasteiger partial charge in [-0.15, -0.1) is 0 Å². The molecule has 0 radical (unpaired) electrons. The van der Waals surface area contributed by atoms with Crippen LogP contribution in [0.4, 0.5) is 0 Å². The molecular formula is C9H17N3O. The average molecular weight is 183 g/mol. The lowest BCUT2D eigenvalue weighted by Gasteiger charge is -2.13. The minimum atomic E-state index is 0.00870. The van der Waals surface area contributed by atoms with Gasteiger partial charge in [0.1, 0.15) is 0 Å². The highest BCUT2D eigenvalue weighted by Gasteiger charge is 2.12. The maximum atomic E-state index is 11.2. The number of hydrogen-bond donors (Lipinski definition) is 3. The number of carbonyl (C=O) groups excluding carboxylic acids is 1. The number of amides is 1. The fourth-order valence-electron chi connectivity index (χ4n) is 1.36. The van der Waals surface area contributed by atoms with E-state index in [0.717, 1.165) is 25.9 Å². The molecule has 0 saturated carbocycles. The molecule has 0 spiro atoms.